The Bertz CT molecular complexity index is 991. The monoisotopic (exact) mass is 453 g/mol. The number of carbonyl (C=O) groups excluding carboxylic acids is 1. The fourth-order valence-electron chi connectivity index (χ4n) is 3.52. The lowest BCUT2D eigenvalue weighted by Crippen LogP contribution is -2.47. The molecule has 0 aromatic heterocycles. The van der Waals surface area contributed by atoms with E-state index in [-0.39, 0.29) is 5.91 Å². The first-order chi connectivity index (χ1) is 15.5. The van der Waals surface area contributed by atoms with Crippen LogP contribution in [0.5, 0.6) is 11.5 Å². The standard InChI is InChI=1S/C25H28ClN3O3/c1-3-14-32-25-22(26)15-21(16-23(25)31-2)8-9-24(30)29-12-10-28(11-13-29)18-20-6-4-19(17-27)5-7-20/h4-9,15-16H,3,10-14,18H2,1-2H3. The summed E-state index contributed by atoms with van der Waals surface area (Å²) in [4.78, 5) is 16.8. The third kappa shape index (κ3) is 6.25. The second kappa shape index (κ2) is 11.6. The Hall–Kier alpha value is -3.01. The largest absolute Gasteiger partial charge is 0.493 e. The highest BCUT2D eigenvalue weighted by molar-refractivity contribution is 6.32. The van der Waals surface area contributed by atoms with Crippen LogP contribution >= 0.6 is 11.6 Å². The molecule has 1 aliphatic rings. The Balaban J connectivity index is 1.55. The SMILES string of the molecule is CCCOc1c(Cl)cc(C=CC(=O)N2CCN(Cc3ccc(C#N)cc3)CC2)cc1OC. The molecular formula is C25H28ClN3O3. The first-order valence-corrected chi connectivity index (χ1v) is 11.1. The van der Waals surface area contributed by atoms with Crippen molar-refractivity contribution in [1.29, 1.82) is 5.26 Å². The molecule has 168 valence electrons. The van der Waals surface area contributed by atoms with Crippen LogP contribution in [0.2, 0.25) is 5.02 Å². The average Bonchev–Trinajstić information content (AvgIpc) is 2.82. The summed E-state index contributed by atoms with van der Waals surface area (Å²) in [5.41, 5.74) is 2.61. The zero-order chi connectivity index (χ0) is 22.9. The van der Waals surface area contributed by atoms with E-state index < -0.39 is 0 Å². The third-order valence-electron chi connectivity index (χ3n) is 5.29. The predicted molar refractivity (Wildman–Crippen MR) is 126 cm³/mol. The van der Waals surface area contributed by atoms with E-state index in [0.717, 1.165) is 31.6 Å². The van der Waals surface area contributed by atoms with Gasteiger partial charge in [0, 0.05) is 38.8 Å². The van der Waals surface area contributed by atoms with Crippen LogP contribution in [0.15, 0.2) is 42.5 Å². The molecule has 1 fully saturated rings. The van der Waals surface area contributed by atoms with Gasteiger partial charge in [0.2, 0.25) is 5.91 Å². The molecule has 2 aromatic carbocycles. The Labute approximate surface area is 194 Å². The van der Waals surface area contributed by atoms with E-state index in [1.54, 1.807) is 25.3 Å². The van der Waals surface area contributed by atoms with Crippen molar-refractivity contribution in [2.75, 3.05) is 39.9 Å². The van der Waals surface area contributed by atoms with E-state index in [1.165, 1.54) is 5.56 Å². The molecule has 6 nitrogen and oxygen atoms in total. The quantitative estimate of drug-likeness (QED) is 0.555. The number of piperazine rings is 1. The van der Waals surface area contributed by atoms with Crippen molar-refractivity contribution < 1.29 is 14.3 Å². The van der Waals surface area contributed by atoms with Crippen LogP contribution in [0.4, 0.5) is 0 Å². The number of halogens is 1. The molecule has 7 heteroatoms. The maximum atomic E-state index is 12.7. The second-order valence-corrected chi connectivity index (χ2v) is 8.03. The highest BCUT2D eigenvalue weighted by Crippen LogP contribution is 2.36. The van der Waals surface area contributed by atoms with Crippen LogP contribution in [-0.2, 0) is 11.3 Å². The fraction of sp³-hybridized carbons (Fsp3) is 0.360. The lowest BCUT2D eigenvalue weighted by molar-refractivity contribution is -0.127. The Morgan fingerprint density at radius 3 is 2.53 bits per heavy atom. The molecule has 0 aliphatic carbocycles. The van der Waals surface area contributed by atoms with E-state index in [1.807, 2.05) is 42.2 Å². The maximum absolute atomic E-state index is 12.7. The van der Waals surface area contributed by atoms with Gasteiger partial charge in [0.1, 0.15) is 0 Å². The van der Waals surface area contributed by atoms with Crippen LogP contribution in [0.3, 0.4) is 0 Å². The molecule has 3 rings (SSSR count). The van der Waals surface area contributed by atoms with Crippen molar-refractivity contribution >= 4 is 23.6 Å². The zero-order valence-corrected chi connectivity index (χ0v) is 19.3. The molecule has 0 N–H and O–H groups in total. The van der Waals surface area contributed by atoms with Crippen molar-refractivity contribution in [3.63, 3.8) is 0 Å². The topological polar surface area (TPSA) is 65.8 Å². The average molecular weight is 454 g/mol. The molecule has 1 saturated heterocycles. The van der Waals surface area contributed by atoms with Gasteiger partial charge in [0.15, 0.2) is 11.5 Å². The molecule has 0 saturated carbocycles. The van der Waals surface area contributed by atoms with Gasteiger partial charge in [0.05, 0.1) is 30.4 Å². The Morgan fingerprint density at radius 2 is 1.91 bits per heavy atom. The van der Waals surface area contributed by atoms with Crippen molar-refractivity contribution in [2.45, 2.75) is 19.9 Å². The summed E-state index contributed by atoms with van der Waals surface area (Å²) in [5.74, 6) is 1.05. The molecule has 0 atom stereocenters. The molecule has 0 unspecified atom stereocenters. The molecule has 0 spiro atoms. The summed E-state index contributed by atoms with van der Waals surface area (Å²) in [6.07, 6.45) is 4.20. The normalized spacial score (nSPS) is 14.4. The predicted octanol–water partition coefficient (Wildman–Crippen LogP) is 4.37. The highest BCUT2D eigenvalue weighted by Gasteiger charge is 2.20. The summed E-state index contributed by atoms with van der Waals surface area (Å²) < 4.78 is 11.1. The van der Waals surface area contributed by atoms with Crippen LogP contribution in [0, 0.1) is 11.3 Å². The lowest BCUT2D eigenvalue weighted by Gasteiger charge is -2.34. The summed E-state index contributed by atoms with van der Waals surface area (Å²) in [5, 5.41) is 9.37. The third-order valence-corrected chi connectivity index (χ3v) is 5.57. The van der Waals surface area contributed by atoms with Crippen LogP contribution in [0.25, 0.3) is 6.08 Å². The number of carbonyl (C=O) groups is 1. The molecule has 1 amide bonds. The van der Waals surface area contributed by atoms with Crippen LogP contribution in [0.1, 0.15) is 30.0 Å². The molecule has 1 heterocycles. The number of methoxy groups -OCH3 is 1. The van der Waals surface area contributed by atoms with Crippen molar-refractivity contribution in [3.8, 4) is 17.6 Å². The zero-order valence-electron chi connectivity index (χ0n) is 18.5. The summed E-state index contributed by atoms with van der Waals surface area (Å²) in [7, 11) is 1.57. The van der Waals surface area contributed by atoms with Gasteiger partial charge in [-0.1, -0.05) is 30.7 Å². The smallest absolute Gasteiger partial charge is 0.246 e. The van der Waals surface area contributed by atoms with Gasteiger partial charge in [-0.3, -0.25) is 9.69 Å². The molecule has 32 heavy (non-hydrogen) atoms. The summed E-state index contributed by atoms with van der Waals surface area (Å²) in [6.45, 7) is 6.36. The van der Waals surface area contributed by atoms with Gasteiger partial charge >= 0.3 is 0 Å². The first-order valence-electron chi connectivity index (χ1n) is 10.7. The van der Waals surface area contributed by atoms with Gasteiger partial charge in [0.25, 0.3) is 0 Å². The minimum absolute atomic E-state index is 0.0237. The van der Waals surface area contributed by atoms with Crippen molar-refractivity contribution in [2.24, 2.45) is 0 Å². The van der Waals surface area contributed by atoms with Gasteiger partial charge < -0.3 is 14.4 Å². The summed E-state index contributed by atoms with van der Waals surface area (Å²) in [6, 6.07) is 13.4. The van der Waals surface area contributed by atoms with E-state index in [2.05, 4.69) is 11.0 Å². The first kappa shape index (κ1) is 23.6. The number of amides is 1. The van der Waals surface area contributed by atoms with Gasteiger partial charge in [-0.15, -0.1) is 0 Å². The number of ether oxygens (including phenoxy) is 2. The molecular weight excluding hydrogens is 426 g/mol. The van der Waals surface area contributed by atoms with E-state index in [4.69, 9.17) is 26.3 Å². The molecule has 0 bridgehead atoms. The van der Waals surface area contributed by atoms with Gasteiger partial charge in [-0.2, -0.15) is 5.26 Å². The Kier molecular flexibility index (Phi) is 8.55. The molecule has 0 radical (unpaired) electrons. The minimum atomic E-state index is -0.0237. The number of nitriles is 1. The molecule has 2 aromatic rings. The van der Waals surface area contributed by atoms with Gasteiger partial charge in [-0.05, 0) is 47.9 Å². The lowest BCUT2D eigenvalue weighted by atomic mass is 10.1. The van der Waals surface area contributed by atoms with Crippen LogP contribution < -0.4 is 9.47 Å². The Morgan fingerprint density at radius 1 is 1.19 bits per heavy atom. The second-order valence-electron chi connectivity index (χ2n) is 7.63. The minimum Gasteiger partial charge on any atom is -0.493 e. The van der Waals surface area contributed by atoms with Crippen molar-refractivity contribution in [1.82, 2.24) is 9.80 Å². The maximum Gasteiger partial charge on any atom is 0.246 e. The van der Waals surface area contributed by atoms with Crippen molar-refractivity contribution in [3.05, 3.63) is 64.2 Å². The van der Waals surface area contributed by atoms with E-state index in [9.17, 15) is 4.79 Å². The number of hydrogen-bond acceptors (Lipinski definition) is 5. The summed E-state index contributed by atoms with van der Waals surface area (Å²) >= 11 is 6.36. The van der Waals surface area contributed by atoms with Gasteiger partial charge in [-0.25, -0.2) is 0 Å². The number of rotatable bonds is 8. The highest BCUT2D eigenvalue weighted by atomic mass is 35.5. The number of hydrogen-bond donors (Lipinski definition) is 0. The molecule has 1 aliphatic heterocycles. The van der Waals surface area contributed by atoms with E-state index in [0.29, 0.717) is 41.8 Å². The fourth-order valence-corrected chi connectivity index (χ4v) is 3.80. The number of benzene rings is 2. The van der Waals surface area contributed by atoms with Crippen LogP contribution in [-0.4, -0.2) is 55.6 Å². The number of nitrogens with zero attached hydrogens (tertiary/aromatic N) is 3. The van der Waals surface area contributed by atoms with E-state index >= 15 is 0 Å².